The average molecular weight is 933 g/mol. The van der Waals surface area contributed by atoms with Gasteiger partial charge in [-0.25, -0.2) is 0 Å². The molecule has 6 nitrogen and oxygen atoms in total. The van der Waals surface area contributed by atoms with Gasteiger partial charge >= 0.3 is 17.9 Å². The zero-order valence-corrected chi connectivity index (χ0v) is 43.9. The van der Waals surface area contributed by atoms with Crippen molar-refractivity contribution in [3.8, 4) is 0 Å². The third-order valence-corrected chi connectivity index (χ3v) is 11.9. The number of carbonyl (C=O) groups is 3. The first-order valence-electron chi connectivity index (χ1n) is 28.1. The van der Waals surface area contributed by atoms with Crippen LogP contribution >= 0.6 is 0 Å². The van der Waals surface area contributed by atoms with E-state index in [1.807, 2.05) is 12.2 Å². The van der Waals surface area contributed by atoms with Gasteiger partial charge in [0.05, 0.1) is 0 Å². The van der Waals surface area contributed by atoms with Crippen LogP contribution in [0.4, 0.5) is 0 Å². The van der Waals surface area contributed by atoms with Crippen LogP contribution in [-0.4, -0.2) is 37.2 Å². The number of allylic oxidation sites excluding steroid dienone is 14. The second-order valence-corrected chi connectivity index (χ2v) is 18.5. The van der Waals surface area contributed by atoms with Crippen molar-refractivity contribution in [2.24, 2.45) is 0 Å². The Bertz CT molecular complexity index is 1300. The van der Waals surface area contributed by atoms with E-state index < -0.39 is 12.1 Å². The Labute approximate surface area is 414 Å². The molecule has 0 aliphatic heterocycles. The van der Waals surface area contributed by atoms with Crippen molar-refractivity contribution < 1.29 is 28.6 Å². The molecule has 0 aromatic carbocycles. The summed E-state index contributed by atoms with van der Waals surface area (Å²) in [6.45, 7) is 6.43. The van der Waals surface area contributed by atoms with Crippen LogP contribution in [0.25, 0.3) is 0 Å². The third-order valence-electron chi connectivity index (χ3n) is 11.9. The van der Waals surface area contributed by atoms with Crippen molar-refractivity contribution in [2.45, 2.75) is 271 Å². The number of ether oxygens (including phenoxy) is 3. The molecule has 0 aliphatic carbocycles. The number of carbonyl (C=O) groups excluding carboxylic acids is 3. The Balaban J connectivity index is 4.22. The summed E-state index contributed by atoms with van der Waals surface area (Å²) in [7, 11) is 0. The Morgan fingerprint density at radius 3 is 0.970 bits per heavy atom. The van der Waals surface area contributed by atoms with Gasteiger partial charge in [0.2, 0.25) is 0 Å². The van der Waals surface area contributed by atoms with E-state index in [2.05, 4.69) is 93.7 Å². The topological polar surface area (TPSA) is 78.9 Å². The lowest BCUT2D eigenvalue weighted by Gasteiger charge is -2.18. The van der Waals surface area contributed by atoms with Crippen LogP contribution in [-0.2, 0) is 28.6 Å². The van der Waals surface area contributed by atoms with Crippen molar-refractivity contribution in [3.05, 3.63) is 85.1 Å². The highest BCUT2D eigenvalue weighted by Crippen LogP contribution is 2.15. The normalized spacial score (nSPS) is 12.7. The van der Waals surface area contributed by atoms with E-state index in [1.165, 1.54) is 141 Å². The zero-order valence-electron chi connectivity index (χ0n) is 43.9. The molecule has 0 amide bonds. The van der Waals surface area contributed by atoms with E-state index in [1.54, 1.807) is 0 Å². The molecule has 67 heavy (non-hydrogen) atoms. The van der Waals surface area contributed by atoms with Crippen LogP contribution < -0.4 is 0 Å². The summed E-state index contributed by atoms with van der Waals surface area (Å²) in [6.07, 6.45) is 71.8. The molecular weight excluding hydrogens is 829 g/mol. The van der Waals surface area contributed by atoms with Crippen LogP contribution in [0.15, 0.2) is 85.1 Å². The minimum atomic E-state index is -0.812. The van der Waals surface area contributed by atoms with E-state index in [-0.39, 0.29) is 31.6 Å². The van der Waals surface area contributed by atoms with Crippen LogP contribution in [0.5, 0.6) is 0 Å². The first kappa shape index (κ1) is 63.6. The van der Waals surface area contributed by atoms with E-state index in [4.69, 9.17) is 14.2 Å². The van der Waals surface area contributed by atoms with Gasteiger partial charge in [0.1, 0.15) is 13.2 Å². The molecule has 0 spiro atoms. The van der Waals surface area contributed by atoms with Crippen LogP contribution in [0, 0.1) is 0 Å². The first-order chi connectivity index (χ1) is 33.0. The summed E-state index contributed by atoms with van der Waals surface area (Å²) in [5, 5.41) is 0. The predicted octanol–water partition coefficient (Wildman–Crippen LogP) is 18.8. The first-order valence-corrected chi connectivity index (χ1v) is 28.1. The lowest BCUT2D eigenvalue weighted by molar-refractivity contribution is -0.166. The van der Waals surface area contributed by atoms with Crippen molar-refractivity contribution in [1.29, 1.82) is 0 Å². The summed E-state index contributed by atoms with van der Waals surface area (Å²) in [6, 6.07) is 0. The quantitative estimate of drug-likeness (QED) is 0.0262. The maximum absolute atomic E-state index is 12.7. The second-order valence-electron chi connectivity index (χ2n) is 18.5. The highest BCUT2D eigenvalue weighted by molar-refractivity contribution is 5.71. The molecule has 384 valence electrons. The fourth-order valence-corrected chi connectivity index (χ4v) is 7.70. The molecule has 0 radical (unpaired) electrons. The smallest absolute Gasteiger partial charge is 0.306 e. The number of unbranched alkanes of at least 4 members (excludes halogenated alkanes) is 25. The highest BCUT2D eigenvalue weighted by Gasteiger charge is 2.19. The minimum absolute atomic E-state index is 0.104. The minimum Gasteiger partial charge on any atom is -0.462 e. The maximum Gasteiger partial charge on any atom is 0.306 e. The predicted molar refractivity (Wildman–Crippen MR) is 288 cm³/mol. The van der Waals surface area contributed by atoms with Gasteiger partial charge in [-0.15, -0.1) is 0 Å². The molecule has 0 aromatic heterocycles. The molecule has 0 heterocycles. The van der Waals surface area contributed by atoms with Gasteiger partial charge in [-0.3, -0.25) is 14.4 Å². The summed E-state index contributed by atoms with van der Waals surface area (Å²) in [5.74, 6) is -0.989. The van der Waals surface area contributed by atoms with Gasteiger partial charge in [-0.2, -0.15) is 0 Å². The third kappa shape index (κ3) is 53.4. The number of esters is 3. The fourth-order valence-electron chi connectivity index (χ4n) is 7.70. The van der Waals surface area contributed by atoms with Crippen LogP contribution in [0.2, 0.25) is 0 Å². The summed E-state index contributed by atoms with van der Waals surface area (Å²) in [4.78, 5) is 37.9. The molecule has 1 atom stereocenters. The average Bonchev–Trinajstić information content (AvgIpc) is 3.33. The Morgan fingerprint density at radius 1 is 0.313 bits per heavy atom. The SMILES string of the molecule is CC/C=C\C/C=C\C/C=C\C/C=C\CCC(=O)OC(COC(=O)CCCCCCCCCCC)COC(=O)CCCCCCCCCCCCCC/C=C\C/C=C\C/C=C\CCCCCCC. The Hall–Kier alpha value is -3.41. The van der Waals surface area contributed by atoms with Gasteiger partial charge in [-0.05, 0) is 83.5 Å². The van der Waals surface area contributed by atoms with E-state index in [9.17, 15) is 14.4 Å². The van der Waals surface area contributed by atoms with Gasteiger partial charge in [0.25, 0.3) is 0 Å². The molecule has 0 aliphatic rings. The van der Waals surface area contributed by atoms with E-state index in [0.29, 0.717) is 19.3 Å². The zero-order chi connectivity index (χ0) is 48.6. The van der Waals surface area contributed by atoms with Gasteiger partial charge in [0, 0.05) is 19.3 Å². The van der Waals surface area contributed by atoms with Gasteiger partial charge in [-0.1, -0.05) is 247 Å². The molecule has 0 rings (SSSR count). The standard InChI is InChI=1S/C61H104O6/c1-4-7-10-13-16-19-21-23-24-25-26-27-28-29-30-31-32-33-34-35-36-38-39-42-45-48-51-54-60(63)66-57-58(56-65-59(62)53-50-47-44-41-18-15-12-9-6-3)67-61(64)55-52-49-46-43-40-37-22-20-17-14-11-8-5-2/h8,11,17,20-21,23,25-26,28-29,37,40,46,49,58H,4-7,9-10,12-16,18-19,22,24,27,30-36,38-39,41-45,47-48,50-57H2,1-3H3/b11-8-,20-17-,23-21-,26-25-,29-28-,40-37-,49-46-. The number of rotatable bonds is 50. The molecule has 0 bridgehead atoms. The monoisotopic (exact) mass is 933 g/mol. The maximum atomic E-state index is 12.7. The van der Waals surface area contributed by atoms with Gasteiger partial charge in [0.15, 0.2) is 6.10 Å². The summed E-state index contributed by atoms with van der Waals surface area (Å²) >= 11 is 0. The van der Waals surface area contributed by atoms with Crippen molar-refractivity contribution in [2.75, 3.05) is 13.2 Å². The number of hydrogen-bond acceptors (Lipinski definition) is 6. The fraction of sp³-hybridized carbons (Fsp3) is 0.721. The lowest BCUT2D eigenvalue weighted by Crippen LogP contribution is -2.30. The van der Waals surface area contributed by atoms with Gasteiger partial charge < -0.3 is 14.2 Å². The molecule has 0 saturated heterocycles. The van der Waals surface area contributed by atoms with Crippen LogP contribution in [0.1, 0.15) is 265 Å². The van der Waals surface area contributed by atoms with Crippen LogP contribution in [0.3, 0.4) is 0 Å². The van der Waals surface area contributed by atoms with E-state index in [0.717, 1.165) is 77.0 Å². The Kier molecular flexibility index (Phi) is 52.4. The summed E-state index contributed by atoms with van der Waals surface area (Å²) < 4.78 is 16.7. The molecule has 0 saturated carbocycles. The number of hydrogen-bond donors (Lipinski definition) is 0. The van der Waals surface area contributed by atoms with Crippen molar-refractivity contribution in [3.63, 3.8) is 0 Å². The highest BCUT2D eigenvalue weighted by atomic mass is 16.6. The molecule has 6 heteroatoms. The molecule has 0 N–H and O–H groups in total. The lowest BCUT2D eigenvalue weighted by atomic mass is 10.0. The van der Waals surface area contributed by atoms with E-state index >= 15 is 0 Å². The molecular formula is C61H104O6. The largest absolute Gasteiger partial charge is 0.462 e. The van der Waals surface area contributed by atoms with Crippen molar-refractivity contribution >= 4 is 17.9 Å². The molecule has 0 fully saturated rings. The molecule has 0 aromatic rings. The molecule has 1 unspecified atom stereocenters. The Morgan fingerprint density at radius 2 is 0.612 bits per heavy atom. The summed E-state index contributed by atoms with van der Waals surface area (Å²) in [5.41, 5.74) is 0. The second kappa shape index (κ2) is 55.2. The van der Waals surface area contributed by atoms with Crippen molar-refractivity contribution in [1.82, 2.24) is 0 Å².